The van der Waals surface area contributed by atoms with Gasteiger partial charge in [0.15, 0.2) is 0 Å². The van der Waals surface area contributed by atoms with Crippen LogP contribution in [-0.4, -0.2) is 42.2 Å². The molecular weight excluding hydrogens is 228 g/mol. The molecule has 0 aromatic carbocycles. The van der Waals surface area contributed by atoms with Gasteiger partial charge in [0.2, 0.25) is 5.91 Å². The third-order valence-corrected chi connectivity index (χ3v) is 4.08. The fraction of sp³-hybridized carbons (Fsp3) is 0.786. The molecule has 1 aliphatic rings. The Labute approximate surface area is 110 Å². The topological polar surface area (TPSA) is 66.6 Å². The highest BCUT2D eigenvalue weighted by Gasteiger charge is 2.41. The molecule has 1 saturated carbocycles. The van der Waals surface area contributed by atoms with Gasteiger partial charge in [0, 0.05) is 19.6 Å². The lowest BCUT2D eigenvalue weighted by molar-refractivity contribution is -0.144. The number of hydrogen-bond donors (Lipinski definition) is 2. The number of amides is 1. The molecule has 1 aliphatic carbocycles. The number of aliphatic hydroxyl groups is 1. The molecule has 1 amide bonds. The summed E-state index contributed by atoms with van der Waals surface area (Å²) in [5, 5.41) is 9.05. The van der Waals surface area contributed by atoms with Gasteiger partial charge in [0.1, 0.15) is 0 Å². The van der Waals surface area contributed by atoms with E-state index in [1.807, 2.05) is 0 Å². The normalized spacial score (nSPS) is 27.8. The zero-order valence-corrected chi connectivity index (χ0v) is 11.4. The van der Waals surface area contributed by atoms with E-state index in [0.717, 1.165) is 25.7 Å². The Balaban J connectivity index is 2.78. The monoisotopic (exact) mass is 254 g/mol. The van der Waals surface area contributed by atoms with Gasteiger partial charge in [-0.3, -0.25) is 4.79 Å². The Kier molecular flexibility index (Phi) is 5.82. The van der Waals surface area contributed by atoms with Crippen LogP contribution in [0, 0.1) is 11.3 Å². The van der Waals surface area contributed by atoms with Gasteiger partial charge in [-0.15, -0.1) is 6.58 Å². The summed E-state index contributed by atoms with van der Waals surface area (Å²) in [5.41, 5.74) is 5.47. The van der Waals surface area contributed by atoms with Crippen molar-refractivity contribution < 1.29 is 9.90 Å². The number of nitrogens with two attached hydrogens (primary N) is 1. The Hall–Kier alpha value is -0.870. The minimum atomic E-state index is -0.412. The molecule has 0 radical (unpaired) electrons. The van der Waals surface area contributed by atoms with E-state index in [0.29, 0.717) is 25.6 Å². The molecule has 0 atom stereocenters. The van der Waals surface area contributed by atoms with E-state index in [9.17, 15) is 4.79 Å². The molecule has 0 heterocycles. The highest BCUT2D eigenvalue weighted by molar-refractivity contribution is 5.83. The number of aliphatic hydroxyl groups excluding tert-OH is 1. The van der Waals surface area contributed by atoms with Crippen LogP contribution in [0.2, 0.25) is 0 Å². The Bertz CT molecular complexity index is 284. The first kappa shape index (κ1) is 15.2. The van der Waals surface area contributed by atoms with Gasteiger partial charge in [-0.25, -0.2) is 0 Å². The minimum Gasteiger partial charge on any atom is -0.395 e. The highest BCUT2D eigenvalue weighted by Crippen LogP contribution is 2.39. The largest absolute Gasteiger partial charge is 0.395 e. The molecule has 4 heteroatoms. The van der Waals surface area contributed by atoms with Crippen molar-refractivity contribution >= 4 is 5.91 Å². The summed E-state index contributed by atoms with van der Waals surface area (Å²) in [6.45, 7) is 7.12. The second-order valence-electron chi connectivity index (χ2n) is 5.43. The molecule has 0 unspecified atom stereocenters. The molecule has 18 heavy (non-hydrogen) atoms. The van der Waals surface area contributed by atoms with Gasteiger partial charge in [0.25, 0.3) is 0 Å². The summed E-state index contributed by atoms with van der Waals surface area (Å²) < 4.78 is 0. The Morgan fingerprint density at radius 3 is 2.61 bits per heavy atom. The van der Waals surface area contributed by atoms with Gasteiger partial charge in [-0.05, 0) is 31.6 Å². The molecule has 0 spiro atoms. The van der Waals surface area contributed by atoms with Crippen molar-refractivity contribution in [3.8, 4) is 0 Å². The summed E-state index contributed by atoms with van der Waals surface area (Å²) in [6, 6.07) is 0. The number of rotatable bonds is 6. The van der Waals surface area contributed by atoms with Crippen LogP contribution in [-0.2, 0) is 4.79 Å². The van der Waals surface area contributed by atoms with Crippen LogP contribution < -0.4 is 5.73 Å². The van der Waals surface area contributed by atoms with Gasteiger partial charge >= 0.3 is 0 Å². The van der Waals surface area contributed by atoms with Crippen LogP contribution in [0.3, 0.4) is 0 Å². The fourth-order valence-corrected chi connectivity index (χ4v) is 2.71. The molecule has 0 bridgehead atoms. The van der Waals surface area contributed by atoms with Crippen LogP contribution in [0.1, 0.15) is 32.6 Å². The van der Waals surface area contributed by atoms with Crippen LogP contribution in [0.15, 0.2) is 12.7 Å². The average Bonchev–Trinajstić information content (AvgIpc) is 2.39. The third-order valence-electron chi connectivity index (χ3n) is 4.08. The van der Waals surface area contributed by atoms with E-state index in [1.54, 1.807) is 11.0 Å². The van der Waals surface area contributed by atoms with Gasteiger partial charge in [-0.1, -0.05) is 13.0 Å². The Morgan fingerprint density at radius 2 is 2.17 bits per heavy atom. The van der Waals surface area contributed by atoms with Crippen molar-refractivity contribution in [3.05, 3.63) is 12.7 Å². The van der Waals surface area contributed by atoms with Gasteiger partial charge in [-0.2, -0.15) is 0 Å². The smallest absolute Gasteiger partial charge is 0.230 e. The number of carbonyl (C=O) groups is 1. The van der Waals surface area contributed by atoms with Crippen LogP contribution in [0.5, 0.6) is 0 Å². The SMILES string of the molecule is C=CCN(CCO)C(=O)C1(CN)CCC(C)CC1. The van der Waals surface area contributed by atoms with E-state index in [-0.39, 0.29) is 12.5 Å². The molecule has 1 fully saturated rings. The maximum Gasteiger partial charge on any atom is 0.230 e. The van der Waals surface area contributed by atoms with Crippen molar-refractivity contribution in [1.82, 2.24) is 4.90 Å². The number of hydrogen-bond acceptors (Lipinski definition) is 3. The summed E-state index contributed by atoms with van der Waals surface area (Å²) in [7, 11) is 0. The first-order valence-electron chi connectivity index (χ1n) is 6.81. The van der Waals surface area contributed by atoms with Gasteiger partial charge in [0.05, 0.1) is 12.0 Å². The van der Waals surface area contributed by atoms with Crippen molar-refractivity contribution in [2.24, 2.45) is 17.1 Å². The van der Waals surface area contributed by atoms with E-state index in [2.05, 4.69) is 13.5 Å². The molecule has 104 valence electrons. The zero-order chi connectivity index (χ0) is 13.6. The summed E-state index contributed by atoms with van der Waals surface area (Å²) >= 11 is 0. The molecule has 0 aromatic rings. The van der Waals surface area contributed by atoms with E-state index in [4.69, 9.17) is 10.8 Å². The lowest BCUT2D eigenvalue weighted by Crippen LogP contribution is -2.50. The Morgan fingerprint density at radius 1 is 1.56 bits per heavy atom. The maximum atomic E-state index is 12.6. The fourth-order valence-electron chi connectivity index (χ4n) is 2.71. The lowest BCUT2D eigenvalue weighted by Gasteiger charge is -2.40. The highest BCUT2D eigenvalue weighted by atomic mass is 16.3. The number of nitrogens with zero attached hydrogens (tertiary/aromatic N) is 1. The van der Waals surface area contributed by atoms with Crippen LogP contribution >= 0.6 is 0 Å². The molecule has 3 N–H and O–H groups in total. The first-order chi connectivity index (χ1) is 8.59. The van der Waals surface area contributed by atoms with Crippen molar-refractivity contribution in [3.63, 3.8) is 0 Å². The summed E-state index contributed by atoms with van der Waals surface area (Å²) in [6.07, 6.45) is 5.54. The van der Waals surface area contributed by atoms with Crippen LogP contribution in [0.25, 0.3) is 0 Å². The van der Waals surface area contributed by atoms with Crippen molar-refractivity contribution in [2.45, 2.75) is 32.6 Å². The molecular formula is C14H26N2O2. The predicted octanol–water partition coefficient (Wildman–Crippen LogP) is 1.15. The predicted molar refractivity (Wildman–Crippen MR) is 73.0 cm³/mol. The summed E-state index contributed by atoms with van der Waals surface area (Å²) in [5.74, 6) is 0.772. The molecule has 1 rings (SSSR count). The van der Waals surface area contributed by atoms with Crippen LogP contribution in [0.4, 0.5) is 0 Å². The zero-order valence-electron chi connectivity index (χ0n) is 11.4. The van der Waals surface area contributed by atoms with Crippen molar-refractivity contribution in [1.29, 1.82) is 0 Å². The molecule has 0 saturated heterocycles. The number of carbonyl (C=O) groups excluding carboxylic acids is 1. The first-order valence-corrected chi connectivity index (χ1v) is 6.81. The quantitative estimate of drug-likeness (QED) is 0.699. The second-order valence-corrected chi connectivity index (χ2v) is 5.43. The molecule has 4 nitrogen and oxygen atoms in total. The average molecular weight is 254 g/mol. The van der Waals surface area contributed by atoms with Gasteiger partial charge < -0.3 is 15.7 Å². The van der Waals surface area contributed by atoms with Crippen molar-refractivity contribution in [2.75, 3.05) is 26.2 Å². The third kappa shape index (κ3) is 3.33. The molecule has 0 aromatic heterocycles. The molecule has 0 aliphatic heterocycles. The van der Waals surface area contributed by atoms with E-state index >= 15 is 0 Å². The van der Waals surface area contributed by atoms with E-state index < -0.39 is 5.41 Å². The lowest BCUT2D eigenvalue weighted by atomic mass is 9.70. The standard InChI is InChI=1S/C14H26N2O2/c1-3-8-16(9-10-17)13(18)14(11-15)6-4-12(2)5-7-14/h3,12,17H,1,4-11,15H2,2H3. The second kappa shape index (κ2) is 6.90. The van der Waals surface area contributed by atoms with E-state index in [1.165, 1.54) is 0 Å². The maximum absolute atomic E-state index is 12.6. The summed E-state index contributed by atoms with van der Waals surface area (Å²) in [4.78, 5) is 14.3. The minimum absolute atomic E-state index is 0.0172.